The minimum atomic E-state index is 0.535. The van der Waals surface area contributed by atoms with E-state index in [9.17, 15) is 0 Å². The molecule has 0 atom stereocenters. The van der Waals surface area contributed by atoms with Crippen molar-refractivity contribution >= 4 is 16.7 Å². The molecule has 2 aromatic rings. The number of nitrogens with zero attached hydrogens (tertiary/aromatic N) is 3. The van der Waals surface area contributed by atoms with E-state index in [4.69, 9.17) is 5.73 Å². The van der Waals surface area contributed by atoms with Crippen LogP contribution in [0.5, 0.6) is 0 Å². The van der Waals surface area contributed by atoms with Gasteiger partial charge >= 0.3 is 0 Å². The predicted octanol–water partition coefficient (Wildman–Crippen LogP) is 2.44. The first-order valence-corrected chi connectivity index (χ1v) is 5.86. The number of hydrogen-bond donors (Lipinski definition) is 1. The van der Waals surface area contributed by atoms with Crippen LogP contribution in [-0.2, 0) is 0 Å². The highest BCUT2D eigenvalue weighted by Gasteiger charge is 2.21. The second-order valence-electron chi connectivity index (χ2n) is 4.61. The number of hydrogen-bond acceptors (Lipinski definition) is 3. The highest BCUT2D eigenvalue weighted by Crippen LogP contribution is 2.32. The number of fused-ring (bicyclic) bond motifs is 1. The number of rotatable bonds is 1. The summed E-state index contributed by atoms with van der Waals surface area (Å²) < 4.78 is 2.09. The zero-order valence-electron chi connectivity index (χ0n) is 9.48. The van der Waals surface area contributed by atoms with Gasteiger partial charge in [0, 0.05) is 5.39 Å². The van der Waals surface area contributed by atoms with Gasteiger partial charge in [-0.1, -0.05) is 12.8 Å². The maximum absolute atomic E-state index is 5.76. The molecule has 0 radical (unpaired) electrons. The Labute approximate surface area is 94.5 Å². The van der Waals surface area contributed by atoms with E-state index in [0.29, 0.717) is 11.7 Å². The molecule has 3 rings (SSSR count). The monoisotopic (exact) mass is 216 g/mol. The molecule has 0 aliphatic heterocycles. The Kier molecular flexibility index (Phi) is 2.09. The quantitative estimate of drug-likeness (QED) is 0.796. The van der Waals surface area contributed by atoms with E-state index >= 15 is 0 Å². The predicted molar refractivity (Wildman–Crippen MR) is 64.2 cm³/mol. The zero-order chi connectivity index (χ0) is 11.1. The van der Waals surface area contributed by atoms with Crippen LogP contribution in [0.2, 0.25) is 0 Å². The van der Waals surface area contributed by atoms with Crippen LogP contribution in [0.1, 0.15) is 37.4 Å². The van der Waals surface area contributed by atoms with E-state index in [2.05, 4.69) is 14.8 Å². The van der Waals surface area contributed by atoms with Crippen molar-refractivity contribution in [1.82, 2.24) is 14.8 Å². The highest BCUT2D eigenvalue weighted by atomic mass is 15.3. The molecule has 2 heterocycles. The molecule has 0 spiro atoms. The minimum absolute atomic E-state index is 0.535. The van der Waals surface area contributed by atoms with Gasteiger partial charge in [0.1, 0.15) is 0 Å². The van der Waals surface area contributed by atoms with E-state index in [0.717, 1.165) is 16.7 Å². The summed E-state index contributed by atoms with van der Waals surface area (Å²) in [5.74, 6) is 0. The van der Waals surface area contributed by atoms with Crippen molar-refractivity contribution in [2.75, 3.05) is 5.73 Å². The lowest BCUT2D eigenvalue weighted by molar-refractivity contribution is 0.476. The SMILES string of the molecule is Cc1nn(C2CCCC2)c2ncc(N)cc12. The van der Waals surface area contributed by atoms with Crippen molar-refractivity contribution in [2.45, 2.75) is 38.6 Å². The zero-order valence-corrected chi connectivity index (χ0v) is 9.48. The van der Waals surface area contributed by atoms with E-state index in [1.165, 1.54) is 25.7 Å². The summed E-state index contributed by atoms with van der Waals surface area (Å²) in [6, 6.07) is 2.50. The van der Waals surface area contributed by atoms with Crippen LogP contribution in [0.15, 0.2) is 12.3 Å². The third-order valence-electron chi connectivity index (χ3n) is 3.42. The fraction of sp³-hybridized carbons (Fsp3) is 0.500. The third kappa shape index (κ3) is 1.37. The Morgan fingerprint density at radius 2 is 2.12 bits per heavy atom. The topological polar surface area (TPSA) is 56.7 Å². The molecule has 0 unspecified atom stereocenters. The summed E-state index contributed by atoms with van der Waals surface area (Å²) in [4.78, 5) is 4.42. The van der Waals surface area contributed by atoms with Gasteiger partial charge in [-0.3, -0.25) is 0 Å². The second-order valence-corrected chi connectivity index (χ2v) is 4.61. The van der Waals surface area contributed by atoms with Crippen LogP contribution in [0.25, 0.3) is 11.0 Å². The Bertz CT molecular complexity index is 523. The van der Waals surface area contributed by atoms with Crippen LogP contribution in [0.3, 0.4) is 0 Å². The molecule has 1 aliphatic rings. The number of aromatic nitrogens is 3. The largest absolute Gasteiger partial charge is 0.397 e. The van der Waals surface area contributed by atoms with Crippen LogP contribution >= 0.6 is 0 Å². The molecule has 16 heavy (non-hydrogen) atoms. The van der Waals surface area contributed by atoms with Gasteiger partial charge in [0.2, 0.25) is 0 Å². The average molecular weight is 216 g/mol. The first-order chi connectivity index (χ1) is 7.75. The molecule has 0 amide bonds. The summed E-state index contributed by atoms with van der Waals surface area (Å²) >= 11 is 0. The number of aryl methyl sites for hydroxylation is 1. The molecule has 1 fully saturated rings. The van der Waals surface area contributed by atoms with Gasteiger partial charge in [-0.15, -0.1) is 0 Å². The summed E-state index contributed by atoms with van der Waals surface area (Å²) in [6.45, 7) is 2.02. The van der Waals surface area contributed by atoms with E-state index < -0.39 is 0 Å². The molecular weight excluding hydrogens is 200 g/mol. The Hall–Kier alpha value is -1.58. The Morgan fingerprint density at radius 1 is 1.38 bits per heavy atom. The Morgan fingerprint density at radius 3 is 2.88 bits per heavy atom. The highest BCUT2D eigenvalue weighted by molar-refractivity contribution is 5.81. The van der Waals surface area contributed by atoms with Gasteiger partial charge in [0.15, 0.2) is 5.65 Å². The Balaban J connectivity index is 2.18. The van der Waals surface area contributed by atoms with Gasteiger partial charge in [-0.25, -0.2) is 9.67 Å². The molecule has 1 saturated carbocycles. The normalized spacial score (nSPS) is 17.3. The molecule has 0 saturated heterocycles. The lowest BCUT2D eigenvalue weighted by atomic mass is 10.2. The standard InChI is InChI=1S/C12H16N4/c1-8-11-6-9(13)7-14-12(11)16(15-8)10-4-2-3-5-10/h6-7,10H,2-5,13H2,1H3. The minimum Gasteiger partial charge on any atom is -0.397 e. The summed E-state index contributed by atoms with van der Waals surface area (Å²) in [6.07, 6.45) is 6.78. The molecular formula is C12H16N4. The number of pyridine rings is 1. The first-order valence-electron chi connectivity index (χ1n) is 5.86. The first kappa shape index (κ1) is 9.63. The van der Waals surface area contributed by atoms with E-state index in [1.54, 1.807) is 6.20 Å². The summed E-state index contributed by atoms with van der Waals surface area (Å²) in [5, 5.41) is 5.70. The van der Waals surface area contributed by atoms with Crippen LogP contribution < -0.4 is 5.73 Å². The summed E-state index contributed by atoms with van der Waals surface area (Å²) in [7, 11) is 0. The van der Waals surface area contributed by atoms with Crippen molar-refractivity contribution in [1.29, 1.82) is 0 Å². The molecule has 84 valence electrons. The third-order valence-corrected chi connectivity index (χ3v) is 3.42. The molecule has 1 aliphatic carbocycles. The lowest BCUT2D eigenvalue weighted by Gasteiger charge is -2.10. The van der Waals surface area contributed by atoms with Gasteiger partial charge in [-0.05, 0) is 25.8 Å². The molecule has 2 N–H and O–H groups in total. The summed E-state index contributed by atoms with van der Waals surface area (Å²) in [5.41, 5.74) is 8.48. The fourth-order valence-corrected chi connectivity index (χ4v) is 2.59. The number of nitrogens with two attached hydrogens (primary N) is 1. The van der Waals surface area contributed by atoms with Crippen molar-refractivity contribution in [2.24, 2.45) is 0 Å². The molecule has 0 bridgehead atoms. The number of nitrogen functional groups attached to an aromatic ring is 1. The lowest BCUT2D eigenvalue weighted by Crippen LogP contribution is -2.07. The van der Waals surface area contributed by atoms with Gasteiger partial charge in [0.25, 0.3) is 0 Å². The fourth-order valence-electron chi connectivity index (χ4n) is 2.59. The number of anilines is 1. The molecule has 4 nitrogen and oxygen atoms in total. The van der Waals surface area contributed by atoms with Gasteiger partial charge in [0.05, 0.1) is 23.6 Å². The molecule has 0 aromatic carbocycles. The van der Waals surface area contributed by atoms with E-state index in [-0.39, 0.29) is 0 Å². The smallest absolute Gasteiger partial charge is 0.158 e. The maximum Gasteiger partial charge on any atom is 0.158 e. The van der Waals surface area contributed by atoms with Crippen LogP contribution in [0.4, 0.5) is 5.69 Å². The van der Waals surface area contributed by atoms with E-state index in [1.807, 2.05) is 13.0 Å². The molecule has 2 aromatic heterocycles. The second kappa shape index (κ2) is 3.47. The van der Waals surface area contributed by atoms with Gasteiger partial charge < -0.3 is 5.73 Å². The average Bonchev–Trinajstić information content (AvgIpc) is 2.87. The van der Waals surface area contributed by atoms with Crippen molar-refractivity contribution < 1.29 is 0 Å². The molecule has 4 heteroatoms. The maximum atomic E-state index is 5.76. The van der Waals surface area contributed by atoms with Crippen LogP contribution in [-0.4, -0.2) is 14.8 Å². The van der Waals surface area contributed by atoms with Gasteiger partial charge in [-0.2, -0.15) is 5.10 Å². The van der Waals surface area contributed by atoms with Crippen molar-refractivity contribution in [3.63, 3.8) is 0 Å². The van der Waals surface area contributed by atoms with Crippen molar-refractivity contribution in [3.05, 3.63) is 18.0 Å². The van der Waals surface area contributed by atoms with Crippen LogP contribution in [0, 0.1) is 6.92 Å². The van der Waals surface area contributed by atoms with Crippen molar-refractivity contribution in [3.8, 4) is 0 Å².